The van der Waals surface area contributed by atoms with E-state index in [2.05, 4.69) is 30.9 Å². The molecule has 0 bridgehead atoms. The quantitative estimate of drug-likeness (QED) is 0.657. The number of thiophene rings is 1. The number of ether oxygens (including phenoxy) is 1. The van der Waals surface area contributed by atoms with Crippen LogP contribution in [0.2, 0.25) is 0 Å². The lowest BCUT2D eigenvalue weighted by atomic mass is 10.4. The van der Waals surface area contributed by atoms with Gasteiger partial charge in [0, 0.05) is 9.35 Å². The Balaban J connectivity index is 2.16. The minimum Gasteiger partial charge on any atom is -0.479 e. The number of fused-ring (bicyclic) bond motifs is 1. The van der Waals surface area contributed by atoms with Crippen molar-refractivity contribution in [2.45, 2.75) is 12.4 Å². The molecule has 0 aromatic carbocycles. The topological polar surface area (TPSA) is 52.8 Å². The first-order valence-corrected chi connectivity index (χ1v) is 7.97. The lowest BCUT2D eigenvalue weighted by molar-refractivity contribution is 0.401. The van der Waals surface area contributed by atoms with Gasteiger partial charge in [0.2, 0.25) is 5.88 Å². The molecule has 0 N–H and O–H groups in total. The normalized spacial score (nSPS) is 11.2. The Morgan fingerprint density at radius 3 is 2.95 bits per heavy atom. The van der Waals surface area contributed by atoms with Gasteiger partial charge in [0.25, 0.3) is 0 Å². The molecule has 20 heavy (non-hydrogen) atoms. The number of methoxy groups -OCH3 is 1. The van der Waals surface area contributed by atoms with Crippen molar-refractivity contribution in [1.29, 1.82) is 0 Å². The van der Waals surface area contributed by atoms with E-state index in [4.69, 9.17) is 16.3 Å². The van der Waals surface area contributed by atoms with Crippen LogP contribution in [-0.2, 0) is 12.4 Å². The van der Waals surface area contributed by atoms with Gasteiger partial charge in [-0.1, -0.05) is 0 Å². The second-order valence-corrected chi connectivity index (χ2v) is 6.12. The van der Waals surface area contributed by atoms with Crippen LogP contribution in [0.4, 0.5) is 0 Å². The van der Waals surface area contributed by atoms with Crippen LogP contribution >= 0.6 is 38.9 Å². The number of rotatable bonds is 4. The zero-order valence-corrected chi connectivity index (χ0v) is 13.7. The summed E-state index contributed by atoms with van der Waals surface area (Å²) < 4.78 is 8.29. The SMILES string of the molecule is COc1ncnc2c1nc(CCl)n2Cc1sccc1Br. The van der Waals surface area contributed by atoms with E-state index in [9.17, 15) is 0 Å². The van der Waals surface area contributed by atoms with Crippen LogP contribution in [-0.4, -0.2) is 26.6 Å². The first-order chi connectivity index (χ1) is 9.74. The Hall–Kier alpha value is -1.18. The lowest BCUT2D eigenvalue weighted by Gasteiger charge is -2.06. The summed E-state index contributed by atoms with van der Waals surface area (Å²) in [6, 6.07) is 2.02. The molecule has 0 spiro atoms. The van der Waals surface area contributed by atoms with Gasteiger partial charge in [-0.2, -0.15) is 4.98 Å². The van der Waals surface area contributed by atoms with Gasteiger partial charge in [-0.3, -0.25) is 0 Å². The number of nitrogens with zero attached hydrogens (tertiary/aromatic N) is 4. The van der Waals surface area contributed by atoms with E-state index in [-0.39, 0.29) is 0 Å². The number of hydrogen-bond donors (Lipinski definition) is 0. The summed E-state index contributed by atoms with van der Waals surface area (Å²) in [5.74, 6) is 1.52. The molecule has 0 amide bonds. The van der Waals surface area contributed by atoms with E-state index in [0.29, 0.717) is 23.8 Å². The summed E-state index contributed by atoms with van der Waals surface area (Å²) in [5.41, 5.74) is 1.37. The molecule has 0 fully saturated rings. The molecule has 3 rings (SSSR count). The van der Waals surface area contributed by atoms with Crippen LogP contribution in [0.1, 0.15) is 10.7 Å². The zero-order chi connectivity index (χ0) is 14.1. The molecule has 0 aliphatic heterocycles. The van der Waals surface area contributed by atoms with Crippen molar-refractivity contribution in [1.82, 2.24) is 19.5 Å². The first-order valence-electron chi connectivity index (χ1n) is 5.76. The molecule has 0 atom stereocenters. The highest BCUT2D eigenvalue weighted by atomic mass is 79.9. The summed E-state index contributed by atoms with van der Waals surface area (Å²) in [6.07, 6.45) is 1.47. The smallest absolute Gasteiger partial charge is 0.245 e. The summed E-state index contributed by atoms with van der Waals surface area (Å²) in [4.78, 5) is 14.0. The monoisotopic (exact) mass is 372 g/mol. The average molecular weight is 374 g/mol. The van der Waals surface area contributed by atoms with Gasteiger partial charge in [-0.05, 0) is 27.4 Å². The van der Waals surface area contributed by atoms with Crippen molar-refractivity contribution >= 4 is 50.0 Å². The second-order valence-electron chi connectivity index (χ2n) is 3.99. The fraction of sp³-hybridized carbons (Fsp3) is 0.250. The molecule has 0 saturated carbocycles. The highest BCUT2D eigenvalue weighted by Gasteiger charge is 2.17. The van der Waals surface area contributed by atoms with E-state index in [1.165, 1.54) is 11.2 Å². The van der Waals surface area contributed by atoms with Crippen LogP contribution in [0.5, 0.6) is 5.88 Å². The van der Waals surface area contributed by atoms with E-state index >= 15 is 0 Å². The van der Waals surface area contributed by atoms with Crippen molar-refractivity contribution in [3.63, 3.8) is 0 Å². The van der Waals surface area contributed by atoms with Gasteiger partial charge in [0.1, 0.15) is 12.2 Å². The summed E-state index contributed by atoms with van der Waals surface area (Å²) >= 11 is 11.2. The van der Waals surface area contributed by atoms with Gasteiger partial charge >= 0.3 is 0 Å². The fourth-order valence-corrected chi connectivity index (χ4v) is 3.63. The maximum Gasteiger partial charge on any atom is 0.245 e. The molecule has 0 saturated heterocycles. The summed E-state index contributed by atoms with van der Waals surface area (Å²) in [6.45, 7) is 0.664. The molecule has 0 unspecified atom stereocenters. The largest absolute Gasteiger partial charge is 0.479 e. The molecule has 0 aliphatic carbocycles. The third-order valence-electron chi connectivity index (χ3n) is 2.88. The van der Waals surface area contributed by atoms with Crippen molar-refractivity contribution in [2.75, 3.05) is 7.11 Å². The number of halogens is 2. The molecule has 104 valence electrons. The van der Waals surface area contributed by atoms with Crippen LogP contribution in [0.15, 0.2) is 22.2 Å². The minimum atomic E-state index is 0.308. The lowest BCUT2D eigenvalue weighted by Crippen LogP contribution is -2.04. The third kappa shape index (κ3) is 2.30. The van der Waals surface area contributed by atoms with Gasteiger partial charge in [0.05, 0.1) is 19.5 Å². The van der Waals surface area contributed by atoms with Crippen LogP contribution in [0, 0.1) is 0 Å². The standard InChI is InChI=1S/C12H10BrClN4OS/c1-19-12-10-11(15-6-16-12)18(9(4-14)17-10)5-8-7(13)2-3-20-8/h2-3,6H,4-5H2,1H3. The molecule has 5 nitrogen and oxygen atoms in total. The van der Waals surface area contributed by atoms with Crippen LogP contribution in [0.25, 0.3) is 11.2 Å². The molecular weight excluding hydrogens is 364 g/mol. The third-order valence-corrected chi connectivity index (χ3v) is 5.03. The molecule has 3 aromatic heterocycles. The Kier molecular flexibility index (Phi) is 3.91. The highest BCUT2D eigenvalue weighted by molar-refractivity contribution is 9.10. The van der Waals surface area contributed by atoms with Crippen molar-refractivity contribution in [3.05, 3.63) is 32.9 Å². The van der Waals surface area contributed by atoms with E-state index in [1.807, 2.05) is 16.0 Å². The fourth-order valence-electron chi connectivity index (χ4n) is 1.96. The number of aromatic nitrogens is 4. The predicted molar refractivity (Wildman–Crippen MR) is 82.6 cm³/mol. The number of imidazole rings is 1. The Labute approximate surface area is 132 Å². The van der Waals surface area contributed by atoms with E-state index < -0.39 is 0 Å². The zero-order valence-electron chi connectivity index (χ0n) is 10.5. The summed E-state index contributed by atoms with van der Waals surface area (Å²) in [7, 11) is 1.57. The van der Waals surface area contributed by atoms with Crippen LogP contribution < -0.4 is 4.74 Å². The molecular formula is C12H10BrClN4OS. The minimum absolute atomic E-state index is 0.308. The van der Waals surface area contributed by atoms with E-state index in [1.54, 1.807) is 18.4 Å². The summed E-state index contributed by atoms with van der Waals surface area (Å²) in [5, 5.41) is 2.04. The van der Waals surface area contributed by atoms with Crippen molar-refractivity contribution in [2.24, 2.45) is 0 Å². The average Bonchev–Trinajstić information content (AvgIpc) is 3.03. The molecule has 3 aromatic rings. The Morgan fingerprint density at radius 2 is 2.30 bits per heavy atom. The Bertz CT molecular complexity index is 757. The second kappa shape index (κ2) is 5.67. The van der Waals surface area contributed by atoms with Gasteiger partial charge in [-0.15, -0.1) is 22.9 Å². The first kappa shape index (κ1) is 13.8. The van der Waals surface area contributed by atoms with Crippen molar-refractivity contribution < 1.29 is 4.74 Å². The maximum atomic E-state index is 6.00. The van der Waals surface area contributed by atoms with E-state index in [0.717, 1.165) is 15.9 Å². The molecule has 8 heteroatoms. The molecule has 3 heterocycles. The van der Waals surface area contributed by atoms with Crippen molar-refractivity contribution in [3.8, 4) is 5.88 Å². The number of alkyl halides is 1. The Morgan fingerprint density at radius 1 is 1.45 bits per heavy atom. The van der Waals surface area contributed by atoms with Gasteiger partial charge < -0.3 is 9.30 Å². The molecule has 0 aliphatic rings. The number of hydrogen-bond acceptors (Lipinski definition) is 5. The van der Waals surface area contributed by atoms with Gasteiger partial charge in [0.15, 0.2) is 11.2 Å². The highest BCUT2D eigenvalue weighted by Crippen LogP contribution is 2.28. The molecule has 0 radical (unpaired) electrons. The predicted octanol–water partition coefficient (Wildman–Crippen LogP) is 3.45. The maximum absolute atomic E-state index is 6.00. The van der Waals surface area contributed by atoms with Gasteiger partial charge in [-0.25, -0.2) is 9.97 Å². The van der Waals surface area contributed by atoms with Crippen LogP contribution in [0.3, 0.4) is 0 Å².